The number of methoxy groups -OCH3 is 1. The molecule has 1 heterocycles. The molecule has 0 aromatic carbocycles. The fourth-order valence-corrected chi connectivity index (χ4v) is 2.06. The van der Waals surface area contributed by atoms with Crippen molar-refractivity contribution in [3.8, 4) is 0 Å². The molecule has 0 saturated carbocycles. The summed E-state index contributed by atoms with van der Waals surface area (Å²) in [6.45, 7) is 4.22. The second-order valence-electron chi connectivity index (χ2n) is 4.37. The minimum Gasteiger partial charge on any atom is -0.395 e. The first-order valence-corrected chi connectivity index (χ1v) is 5.78. The Labute approximate surface area is 96.8 Å². The Morgan fingerprint density at radius 2 is 2.31 bits per heavy atom. The van der Waals surface area contributed by atoms with Gasteiger partial charge in [-0.1, -0.05) is 0 Å². The van der Waals surface area contributed by atoms with Crippen molar-refractivity contribution in [1.29, 1.82) is 0 Å². The number of ether oxygens (including phenoxy) is 1. The number of aliphatic hydroxyl groups excluding tert-OH is 1. The summed E-state index contributed by atoms with van der Waals surface area (Å²) in [5.74, 6) is 0.0658. The van der Waals surface area contributed by atoms with Gasteiger partial charge in [-0.2, -0.15) is 0 Å². The van der Waals surface area contributed by atoms with Crippen molar-refractivity contribution in [2.75, 3.05) is 40.0 Å². The van der Waals surface area contributed by atoms with Crippen LogP contribution in [-0.2, 0) is 9.53 Å². The molecule has 0 radical (unpaired) electrons. The fourth-order valence-electron chi connectivity index (χ4n) is 2.06. The maximum absolute atomic E-state index is 12.3. The van der Waals surface area contributed by atoms with Gasteiger partial charge in [0.2, 0.25) is 5.91 Å². The highest BCUT2D eigenvalue weighted by molar-refractivity contribution is 5.86. The van der Waals surface area contributed by atoms with E-state index in [1.165, 1.54) is 0 Å². The number of hydrogen-bond donors (Lipinski definition) is 2. The van der Waals surface area contributed by atoms with Crippen LogP contribution in [0.2, 0.25) is 0 Å². The zero-order chi connectivity index (χ0) is 12.0. The molecule has 1 rings (SSSR count). The van der Waals surface area contributed by atoms with Crippen LogP contribution < -0.4 is 5.32 Å². The summed E-state index contributed by atoms with van der Waals surface area (Å²) in [4.78, 5) is 13.9. The highest BCUT2D eigenvalue weighted by atomic mass is 16.5. The van der Waals surface area contributed by atoms with Gasteiger partial charge in [-0.3, -0.25) is 4.79 Å². The van der Waals surface area contributed by atoms with E-state index in [0.29, 0.717) is 19.7 Å². The van der Waals surface area contributed by atoms with E-state index in [9.17, 15) is 4.79 Å². The number of carbonyl (C=O) groups excluding carboxylic acids is 1. The molecule has 1 saturated heterocycles. The summed E-state index contributed by atoms with van der Waals surface area (Å²) in [7, 11) is 1.61. The third-order valence-electron chi connectivity index (χ3n) is 3.06. The lowest BCUT2D eigenvalue weighted by Gasteiger charge is -2.31. The maximum atomic E-state index is 12.3. The van der Waals surface area contributed by atoms with E-state index in [1.54, 1.807) is 12.0 Å². The van der Waals surface area contributed by atoms with Crippen LogP contribution in [0.25, 0.3) is 0 Å². The van der Waals surface area contributed by atoms with E-state index in [-0.39, 0.29) is 12.5 Å². The molecule has 1 atom stereocenters. The average Bonchev–Trinajstić information content (AvgIpc) is 2.72. The third-order valence-corrected chi connectivity index (χ3v) is 3.06. The van der Waals surface area contributed by atoms with E-state index in [1.807, 2.05) is 6.92 Å². The van der Waals surface area contributed by atoms with Crippen molar-refractivity contribution in [2.45, 2.75) is 25.3 Å². The smallest absolute Gasteiger partial charge is 0.242 e. The predicted molar refractivity (Wildman–Crippen MR) is 61.2 cm³/mol. The van der Waals surface area contributed by atoms with E-state index < -0.39 is 5.54 Å². The Bertz CT molecular complexity index is 227. The van der Waals surface area contributed by atoms with Crippen molar-refractivity contribution in [3.63, 3.8) is 0 Å². The molecule has 1 unspecified atom stereocenters. The Balaban J connectivity index is 2.58. The number of nitrogens with zero attached hydrogens (tertiary/aromatic N) is 1. The van der Waals surface area contributed by atoms with Gasteiger partial charge < -0.3 is 20.1 Å². The largest absolute Gasteiger partial charge is 0.395 e. The van der Waals surface area contributed by atoms with Gasteiger partial charge in [-0.05, 0) is 26.3 Å². The molecule has 5 heteroatoms. The van der Waals surface area contributed by atoms with Gasteiger partial charge in [0, 0.05) is 20.2 Å². The molecular weight excluding hydrogens is 208 g/mol. The Morgan fingerprint density at radius 3 is 2.81 bits per heavy atom. The molecule has 1 aliphatic heterocycles. The first-order chi connectivity index (χ1) is 7.64. The second kappa shape index (κ2) is 6.18. The van der Waals surface area contributed by atoms with Crippen LogP contribution >= 0.6 is 0 Å². The lowest BCUT2D eigenvalue weighted by Crippen LogP contribution is -2.54. The van der Waals surface area contributed by atoms with Crippen molar-refractivity contribution < 1.29 is 14.6 Å². The van der Waals surface area contributed by atoms with E-state index >= 15 is 0 Å². The topological polar surface area (TPSA) is 61.8 Å². The van der Waals surface area contributed by atoms with Gasteiger partial charge in [0.25, 0.3) is 0 Å². The fraction of sp³-hybridized carbons (Fsp3) is 0.909. The van der Waals surface area contributed by atoms with Gasteiger partial charge in [-0.25, -0.2) is 0 Å². The number of nitrogens with one attached hydrogen (secondary N) is 1. The van der Waals surface area contributed by atoms with Gasteiger partial charge in [0.15, 0.2) is 0 Å². The van der Waals surface area contributed by atoms with E-state index in [2.05, 4.69) is 5.32 Å². The van der Waals surface area contributed by atoms with Crippen LogP contribution in [0, 0.1) is 0 Å². The highest BCUT2D eigenvalue weighted by Crippen LogP contribution is 2.21. The number of amides is 1. The summed E-state index contributed by atoms with van der Waals surface area (Å²) in [5.41, 5.74) is -0.455. The molecular formula is C11H22N2O3. The second-order valence-corrected chi connectivity index (χ2v) is 4.37. The normalized spacial score (nSPS) is 24.7. The highest BCUT2D eigenvalue weighted by Gasteiger charge is 2.38. The van der Waals surface area contributed by atoms with Crippen LogP contribution in [-0.4, -0.2) is 61.4 Å². The Kier molecular flexibility index (Phi) is 5.18. The first-order valence-electron chi connectivity index (χ1n) is 5.78. The van der Waals surface area contributed by atoms with Crippen LogP contribution in [0.15, 0.2) is 0 Å². The molecule has 16 heavy (non-hydrogen) atoms. The first kappa shape index (κ1) is 13.4. The Hall–Kier alpha value is -0.650. The maximum Gasteiger partial charge on any atom is 0.242 e. The predicted octanol–water partition coefficient (Wildman–Crippen LogP) is -0.404. The summed E-state index contributed by atoms with van der Waals surface area (Å²) < 4.78 is 4.97. The lowest BCUT2D eigenvalue weighted by atomic mass is 9.98. The van der Waals surface area contributed by atoms with Crippen molar-refractivity contribution in [1.82, 2.24) is 10.2 Å². The SMILES string of the molecule is COCCN(CCO)C(=O)C1(C)CCCN1. The van der Waals surface area contributed by atoms with Gasteiger partial charge in [0.1, 0.15) is 0 Å². The summed E-state index contributed by atoms with van der Waals surface area (Å²) >= 11 is 0. The molecule has 1 amide bonds. The van der Waals surface area contributed by atoms with Crippen molar-refractivity contribution >= 4 is 5.91 Å². The van der Waals surface area contributed by atoms with Crippen molar-refractivity contribution in [2.24, 2.45) is 0 Å². The molecule has 2 N–H and O–H groups in total. The number of rotatable bonds is 6. The van der Waals surface area contributed by atoms with Crippen LogP contribution in [0.3, 0.4) is 0 Å². The van der Waals surface area contributed by atoms with Gasteiger partial charge >= 0.3 is 0 Å². The van der Waals surface area contributed by atoms with Gasteiger partial charge in [-0.15, -0.1) is 0 Å². The van der Waals surface area contributed by atoms with E-state index in [4.69, 9.17) is 9.84 Å². The molecule has 94 valence electrons. The average molecular weight is 230 g/mol. The van der Waals surface area contributed by atoms with Crippen LogP contribution in [0.4, 0.5) is 0 Å². The summed E-state index contributed by atoms with van der Waals surface area (Å²) in [6, 6.07) is 0. The summed E-state index contributed by atoms with van der Waals surface area (Å²) in [5, 5.41) is 12.2. The quantitative estimate of drug-likeness (QED) is 0.651. The molecule has 0 aromatic rings. The Morgan fingerprint density at radius 1 is 1.56 bits per heavy atom. The molecule has 0 bridgehead atoms. The lowest BCUT2D eigenvalue weighted by molar-refractivity contribution is -0.138. The van der Waals surface area contributed by atoms with Gasteiger partial charge in [0.05, 0.1) is 18.8 Å². The molecule has 5 nitrogen and oxygen atoms in total. The zero-order valence-corrected chi connectivity index (χ0v) is 10.2. The minimum absolute atomic E-state index is 0.00840. The number of carbonyl (C=O) groups is 1. The molecule has 1 aliphatic rings. The monoisotopic (exact) mass is 230 g/mol. The molecule has 1 fully saturated rings. The standard InChI is InChI=1S/C11H22N2O3/c1-11(4-3-5-12-11)10(15)13(6-8-14)7-9-16-2/h12,14H,3-9H2,1-2H3. The summed E-state index contributed by atoms with van der Waals surface area (Å²) in [6.07, 6.45) is 1.89. The van der Waals surface area contributed by atoms with Crippen LogP contribution in [0.1, 0.15) is 19.8 Å². The molecule has 0 aromatic heterocycles. The molecule has 0 aliphatic carbocycles. The van der Waals surface area contributed by atoms with E-state index in [0.717, 1.165) is 19.4 Å². The van der Waals surface area contributed by atoms with Crippen molar-refractivity contribution in [3.05, 3.63) is 0 Å². The zero-order valence-electron chi connectivity index (χ0n) is 10.2. The molecule has 0 spiro atoms. The van der Waals surface area contributed by atoms with Crippen LogP contribution in [0.5, 0.6) is 0 Å². The minimum atomic E-state index is -0.455. The number of hydrogen-bond acceptors (Lipinski definition) is 4. The third kappa shape index (κ3) is 3.17. The number of aliphatic hydroxyl groups is 1.